The van der Waals surface area contributed by atoms with E-state index in [1.165, 1.54) is 0 Å². The van der Waals surface area contributed by atoms with E-state index < -0.39 is 5.97 Å². The molecule has 1 aromatic rings. The van der Waals surface area contributed by atoms with Crippen LogP contribution in [0.4, 0.5) is 5.69 Å². The molecule has 0 spiro atoms. The molecule has 0 saturated carbocycles. The van der Waals surface area contributed by atoms with Crippen LogP contribution in [0, 0.1) is 11.8 Å². The Bertz CT molecular complexity index is 823. The second-order valence-electron chi connectivity index (χ2n) is 7.01. The van der Waals surface area contributed by atoms with Gasteiger partial charge in [-0.1, -0.05) is 18.2 Å². The van der Waals surface area contributed by atoms with Crippen LogP contribution in [0.2, 0.25) is 0 Å². The molecule has 5 nitrogen and oxygen atoms in total. The fourth-order valence-electron chi connectivity index (χ4n) is 4.59. The van der Waals surface area contributed by atoms with Crippen molar-refractivity contribution < 1.29 is 19.4 Å². The zero-order chi connectivity index (χ0) is 18.3. The van der Waals surface area contributed by atoms with Crippen molar-refractivity contribution in [1.29, 1.82) is 0 Å². The van der Waals surface area contributed by atoms with E-state index in [9.17, 15) is 9.90 Å². The maximum Gasteiger partial charge on any atom is 0.335 e. The molecule has 2 N–H and O–H groups in total. The lowest BCUT2D eigenvalue weighted by Gasteiger charge is -2.42. The standard InChI is InChI=1S/C21H23NO4/c1-25-18-8-4-7-15(20(18)26-2)19-14-6-3-5-13(14)16-11-12(21(23)24)9-10-17(16)22-19/h3-5,8-11,13-15,19,22H,6-7H2,1-2H3,(H,23,24)/t13-,14+,15?,19-/m1/s1. The SMILES string of the molecule is COC1=C(OC)C([C@@H]2Nc3ccc(C(=O)O)cc3[C@@H]3C=CC[C@@H]32)CC=C1. The van der Waals surface area contributed by atoms with Gasteiger partial charge in [-0.05, 0) is 48.6 Å². The number of nitrogens with one attached hydrogen (secondary N) is 1. The molecule has 0 aromatic heterocycles. The summed E-state index contributed by atoms with van der Waals surface area (Å²) in [5.41, 5.74) is 2.42. The lowest BCUT2D eigenvalue weighted by Crippen LogP contribution is -2.43. The Kier molecular flexibility index (Phi) is 4.23. The molecule has 0 amide bonds. The third-order valence-corrected chi connectivity index (χ3v) is 5.77. The third-order valence-electron chi connectivity index (χ3n) is 5.77. The quantitative estimate of drug-likeness (QED) is 0.803. The van der Waals surface area contributed by atoms with E-state index in [0.717, 1.165) is 35.6 Å². The molecule has 4 atom stereocenters. The number of methoxy groups -OCH3 is 2. The zero-order valence-electron chi connectivity index (χ0n) is 14.9. The number of benzene rings is 1. The van der Waals surface area contributed by atoms with Crippen molar-refractivity contribution in [3.63, 3.8) is 0 Å². The van der Waals surface area contributed by atoms with Gasteiger partial charge in [-0.25, -0.2) is 4.79 Å². The van der Waals surface area contributed by atoms with Crippen LogP contribution in [-0.2, 0) is 9.47 Å². The monoisotopic (exact) mass is 353 g/mol. The van der Waals surface area contributed by atoms with Gasteiger partial charge in [0.1, 0.15) is 5.76 Å². The second-order valence-corrected chi connectivity index (χ2v) is 7.01. The van der Waals surface area contributed by atoms with Crippen molar-refractivity contribution in [1.82, 2.24) is 0 Å². The topological polar surface area (TPSA) is 67.8 Å². The minimum absolute atomic E-state index is 0.180. The first-order valence-corrected chi connectivity index (χ1v) is 8.93. The number of hydrogen-bond donors (Lipinski definition) is 2. The Morgan fingerprint density at radius 1 is 1.19 bits per heavy atom. The molecule has 0 bridgehead atoms. The normalized spacial score (nSPS) is 29.0. The van der Waals surface area contributed by atoms with Crippen molar-refractivity contribution in [2.24, 2.45) is 11.8 Å². The van der Waals surface area contributed by atoms with E-state index in [-0.39, 0.29) is 17.9 Å². The molecule has 0 fully saturated rings. The van der Waals surface area contributed by atoms with Gasteiger partial charge in [0.2, 0.25) is 0 Å². The van der Waals surface area contributed by atoms with Crippen molar-refractivity contribution in [2.45, 2.75) is 24.8 Å². The van der Waals surface area contributed by atoms with Gasteiger partial charge in [0.15, 0.2) is 5.76 Å². The number of carboxylic acid groups (broad SMARTS) is 1. The van der Waals surface area contributed by atoms with Gasteiger partial charge in [-0.15, -0.1) is 0 Å². The Morgan fingerprint density at radius 2 is 2.04 bits per heavy atom. The maximum atomic E-state index is 11.4. The van der Waals surface area contributed by atoms with Crippen LogP contribution >= 0.6 is 0 Å². The van der Waals surface area contributed by atoms with Gasteiger partial charge in [0.05, 0.1) is 19.8 Å². The first-order chi connectivity index (χ1) is 12.6. The first kappa shape index (κ1) is 16.8. The molecule has 1 heterocycles. The molecule has 1 aliphatic heterocycles. The van der Waals surface area contributed by atoms with Crippen molar-refractivity contribution in [2.75, 3.05) is 19.5 Å². The van der Waals surface area contributed by atoms with Crippen LogP contribution in [0.25, 0.3) is 0 Å². The summed E-state index contributed by atoms with van der Waals surface area (Å²) in [5, 5.41) is 13.0. The summed E-state index contributed by atoms with van der Waals surface area (Å²) in [6.45, 7) is 0. The number of hydrogen-bond acceptors (Lipinski definition) is 4. The maximum absolute atomic E-state index is 11.4. The highest BCUT2D eigenvalue weighted by Gasteiger charge is 2.43. The number of allylic oxidation sites excluding steroid dienone is 4. The molecule has 3 aliphatic rings. The van der Waals surface area contributed by atoms with E-state index in [0.29, 0.717) is 11.5 Å². The number of carbonyl (C=O) groups is 1. The van der Waals surface area contributed by atoms with Crippen LogP contribution in [-0.4, -0.2) is 31.3 Å². The largest absolute Gasteiger partial charge is 0.497 e. The smallest absolute Gasteiger partial charge is 0.335 e. The van der Waals surface area contributed by atoms with E-state index >= 15 is 0 Å². The summed E-state index contributed by atoms with van der Waals surface area (Å²) in [6.07, 6.45) is 10.4. The van der Waals surface area contributed by atoms with E-state index in [1.54, 1.807) is 20.3 Å². The van der Waals surface area contributed by atoms with Crippen LogP contribution in [0.1, 0.15) is 34.7 Å². The molecular weight excluding hydrogens is 330 g/mol. The Balaban J connectivity index is 1.73. The van der Waals surface area contributed by atoms with Gasteiger partial charge in [0, 0.05) is 23.6 Å². The van der Waals surface area contributed by atoms with Gasteiger partial charge < -0.3 is 19.9 Å². The van der Waals surface area contributed by atoms with Crippen LogP contribution in [0.3, 0.4) is 0 Å². The fourth-order valence-corrected chi connectivity index (χ4v) is 4.59. The van der Waals surface area contributed by atoms with E-state index in [4.69, 9.17) is 9.47 Å². The van der Waals surface area contributed by atoms with Crippen molar-refractivity contribution in [3.05, 3.63) is 65.1 Å². The summed E-state index contributed by atoms with van der Waals surface area (Å²) in [4.78, 5) is 11.4. The number of carboxylic acids is 1. The minimum atomic E-state index is -0.889. The number of rotatable bonds is 4. The van der Waals surface area contributed by atoms with Gasteiger partial charge in [-0.3, -0.25) is 0 Å². The van der Waals surface area contributed by atoms with E-state index in [1.807, 2.05) is 18.2 Å². The van der Waals surface area contributed by atoms with E-state index in [2.05, 4.69) is 23.5 Å². The molecule has 1 aromatic carbocycles. The van der Waals surface area contributed by atoms with Crippen LogP contribution in [0.15, 0.2) is 54.0 Å². The summed E-state index contributed by atoms with van der Waals surface area (Å²) in [6, 6.07) is 5.56. The van der Waals surface area contributed by atoms with Gasteiger partial charge in [-0.2, -0.15) is 0 Å². The van der Waals surface area contributed by atoms with Gasteiger partial charge in [0.25, 0.3) is 0 Å². The average Bonchev–Trinajstić information content (AvgIpc) is 3.16. The Hall–Kier alpha value is -2.69. The molecule has 0 radical (unpaired) electrons. The van der Waals surface area contributed by atoms with Crippen LogP contribution < -0.4 is 5.32 Å². The lowest BCUT2D eigenvalue weighted by atomic mass is 9.72. The highest BCUT2D eigenvalue weighted by Crippen LogP contribution is 2.48. The highest BCUT2D eigenvalue weighted by molar-refractivity contribution is 5.89. The molecule has 5 heteroatoms. The molecule has 2 aliphatic carbocycles. The van der Waals surface area contributed by atoms with Crippen molar-refractivity contribution in [3.8, 4) is 0 Å². The van der Waals surface area contributed by atoms with Gasteiger partial charge >= 0.3 is 5.97 Å². The second kappa shape index (κ2) is 6.56. The molecule has 0 saturated heterocycles. The molecular formula is C21H23NO4. The fraction of sp³-hybridized carbons (Fsp3) is 0.381. The predicted octanol–water partition coefficient (Wildman–Crippen LogP) is 3.92. The zero-order valence-corrected chi connectivity index (χ0v) is 14.9. The summed E-state index contributed by atoms with van der Waals surface area (Å²) < 4.78 is 11.2. The number of fused-ring (bicyclic) bond motifs is 3. The average molecular weight is 353 g/mol. The number of ether oxygens (including phenoxy) is 2. The van der Waals surface area contributed by atoms with Crippen molar-refractivity contribution >= 4 is 11.7 Å². The predicted molar refractivity (Wildman–Crippen MR) is 99.1 cm³/mol. The summed E-state index contributed by atoms with van der Waals surface area (Å²) >= 11 is 0. The summed E-state index contributed by atoms with van der Waals surface area (Å²) in [7, 11) is 3.36. The number of aromatic carboxylic acids is 1. The lowest BCUT2D eigenvalue weighted by molar-refractivity contribution is 0.0696. The Morgan fingerprint density at radius 3 is 2.77 bits per heavy atom. The van der Waals surface area contributed by atoms with Crippen LogP contribution in [0.5, 0.6) is 0 Å². The third kappa shape index (κ3) is 2.59. The minimum Gasteiger partial charge on any atom is -0.497 e. The first-order valence-electron chi connectivity index (χ1n) is 8.93. The molecule has 4 rings (SSSR count). The Labute approximate surface area is 153 Å². The molecule has 136 valence electrons. The number of anilines is 1. The summed E-state index contributed by atoms with van der Waals surface area (Å²) in [5.74, 6) is 1.54. The molecule has 26 heavy (non-hydrogen) atoms. The molecule has 1 unspecified atom stereocenters. The highest BCUT2D eigenvalue weighted by atomic mass is 16.5.